The third-order valence-electron chi connectivity index (χ3n) is 4.47. The van der Waals surface area contributed by atoms with Crippen molar-refractivity contribution in [3.8, 4) is 17.1 Å². The number of hydrogen-bond acceptors (Lipinski definition) is 3. The average Bonchev–Trinajstić information content (AvgIpc) is 3.08. The van der Waals surface area contributed by atoms with Crippen molar-refractivity contribution in [2.75, 3.05) is 10.6 Å². The molecular weight excluding hydrogens is 364 g/mol. The quantitative estimate of drug-likeness (QED) is 0.539. The molecule has 1 aromatic heterocycles. The number of imidazole rings is 1. The molecule has 0 spiro atoms. The summed E-state index contributed by atoms with van der Waals surface area (Å²) in [5, 5.41) is 5.56. The van der Waals surface area contributed by atoms with Gasteiger partial charge in [-0.15, -0.1) is 0 Å². The molecule has 2 amide bonds. The monoisotopic (exact) mass is 384 g/mol. The Hall–Kier alpha value is -3.93. The number of aromatic nitrogens is 2. The van der Waals surface area contributed by atoms with Crippen LogP contribution in [0.25, 0.3) is 28.1 Å². The van der Waals surface area contributed by atoms with Crippen LogP contribution in [-0.4, -0.2) is 21.4 Å². The Balaban J connectivity index is 1.81. The molecule has 3 aromatic carbocycles. The molecule has 6 heteroatoms. The highest BCUT2D eigenvalue weighted by molar-refractivity contribution is 5.90. The van der Waals surface area contributed by atoms with Crippen molar-refractivity contribution in [2.24, 2.45) is 0 Å². The largest absolute Gasteiger partial charge is 0.326 e. The molecule has 144 valence electrons. The van der Waals surface area contributed by atoms with E-state index in [1.165, 1.54) is 13.8 Å². The second-order valence-corrected chi connectivity index (χ2v) is 6.75. The van der Waals surface area contributed by atoms with E-state index >= 15 is 0 Å². The van der Waals surface area contributed by atoms with Gasteiger partial charge in [-0.3, -0.25) is 14.2 Å². The number of nitrogens with one attached hydrogen (secondary N) is 2. The summed E-state index contributed by atoms with van der Waals surface area (Å²) in [7, 11) is 0. The summed E-state index contributed by atoms with van der Waals surface area (Å²) in [6, 6.07) is 23.2. The number of amides is 2. The Bertz CT molecular complexity index is 1190. The molecule has 0 atom stereocenters. The molecule has 0 fully saturated rings. The molecule has 0 saturated carbocycles. The summed E-state index contributed by atoms with van der Waals surface area (Å²) in [5.74, 6) is 0.586. The summed E-state index contributed by atoms with van der Waals surface area (Å²) in [6.07, 6.45) is 0. The first-order valence-electron chi connectivity index (χ1n) is 9.25. The Morgan fingerprint density at radius 1 is 0.759 bits per heavy atom. The number of carbonyl (C=O) groups excluding carboxylic acids is 2. The number of rotatable bonds is 4. The van der Waals surface area contributed by atoms with Crippen LogP contribution in [0.4, 0.5) is 11.4 Å². The van der Waals surface area contributed by atoms with Gasteiger partial charge in [0, 0.05) is 36.5 Å². The molecule has 0 saturated heterocycles. The maximum atomic E-state index is 11.3. The molecule has 0 unspecified atom stereocenters. The van der Waals surface area contributed by atoms with Crippen molar-refractivity contribution in [3.05, 3.63) is 72.8 Å². The fourth-order valence-electron chi connectivity index (χ4n) is 3.28. The lowest BCUT2D eigenvalue weighted by Crippen LogP contribution is -2.06. The van der Waals surface area contributed by atoms with E-state index < -0.39 is 0 Å². The number of nitrogens with zero attached hydrogens (tertiary/aromatic N) is 2. The first kappa shape index (κ1) is 18.4. The van der Waals surface area contributed by atoms with Crippen LogP contribution in [0, 0.1) is 0 Å². The zero-order chi connectivity index (χ0) is 20.4. The van der Waals surface area contributed by atoms with E-state index in [0.29, 0.717) is 0 Å². The van der Waals surface area contributed by atoms with E-state index in [4.69, 9.17) is 4.98 Å². The smallest absolute Gasteiger partial charge is 0.221 e. The van der Waals surface area contributed by atoms with Crippen molar-refractivity contribution >= 4 is 34.2 Å². The first-order valence-corrected chi connectivity index (χ1v) is 9.25. The molecule has 1 heterocycles. The van der Waals surface area contributed by atoms with Gasteiger partial charge in [0.15, 0.2) is 0 Å². The zero-order valence-electron chi connectivity index (χ0n) is 16.1. The summed E-state index contributed by atoms with van der Waals surface area (Å²) in [5.41, 5.74) is 5.23. The molecule has 0 aliphatic carbocycles. The molecule has 0 aliphatic heterocycles. The lowest BCUT2D eigenvalue weighted by Gasteiger charge is -2.11. The van der Waals surface area contributed by atoms with Crippen LogP contribution in [0.15, 0.2) is 72.8 Å². The molecule has 6 nitrogen and oxygen atoms in total. The number of hydrogen-bond donors (Lipinski definition) is 2. The number of carbonyl (C=O) groups is 2. The minimum absolute atomic E-state index is 0.106. The average molecular weight is 384 g/mol. The number of benzene rings is 3. The second kappa shape index (κ2) is 7.59. The van der Waals surface area contributed by atoms with Gasteiger partial charge in [-0.2, -0.15) is 0 Å². The highest BCUT2D eigenvalue weighted by Gasteiger charge is 2.14. The molecule has 29 heavy (non-hydrogen) atoms. The van der Waals surface area contributed by atoms with E-state index in [0.717, 1.165) is 39.5 Å². The van der Waals surface area contributed by atoms with Crippen molar-refractivity contribution in [1.29, 1.82) is 0 Å². The van der Waals surface area contributed by atoms with Crippen LogP contribution in [0.1, 0.15) is 13.8 Å². The highest BCUT2D eigenvalue weighted by atomic mass is 16.2. The Morgan fingerprint density at radius 2 is 1.31 bits per heavy atom. The van der Waals surface area contributed by atoms with Gasteiger partial charge in [0.25, 0.3) is 0 Å². The second-order valence-electron chi connectivity index (χ2n) is 6.75. The van der Waals surface area contributed by atoms with Crippen molar-refractivity contribution < 1.29 is 9.59 Å². The molecule has 0 bridgehead atoms. The Morgan fingerprint density at radius 3 is 1.90 bits per heavy atom. The fourth-order valence-corrected chi connectivity index (χ4v) is 3.28. The summed E-state index contributed by atoms with van der Waals surface area (Å²) in [6.45, 7) is 2.97. The normalized spacial score (nSPS) is 10.7. The minimum atomic E-state index is -0.107. The highest BCUT2D eigenvalue weighted by Crippen LogP contribution is 2.29. The van der Waals surface area contributed by atoms with Gasteiger partial charge in [0.05, 0.1) is 11.0 Å². The van der Waals surface area contributed by atoms with Crippen LogP contribution < -0.4 is 10.6 Å². The van der Waals surface area contributed by atoms with E-state index in [1.54, 1.807) is 0 Å². The molecule has 0 aliphatic rings. The molecular formula is C23H20N4O2. The predicted octanol–water partition coefficient (Wildman–Crippen LogP) is 4.61. The van der Waals surface area contributed by atoms with Crippen molar-refractivity contribution in [3.63, 3.8) is 0 Å². The lowest BCUT2D eigenvalue weighted by molar-refractivity contribution is -0.115. The van der Waals surface area contributed by atoms with Gasteiger partial charge >= 0.3 is 0 Å². The Kier molecular flexibility index (Phi) is 4.83. The van der Waals surface area contributed by atoms with E-state index in [-0.39, 0.29) is 11.8 Å². The maximum absolute atomic E-state index is 11.3. The van der Waals surface area contributed by atoms with E-state index in [9.17, 15) is 9.59 Å². The van der Waals surface area contributed by atoms with Crippen LogP contribution >= 0.6 is 0 Å². The molecule has 0 radical (unpaired) electrons. The van der Waals surface area contributed by atoms with Gasteiger partial charge in [0.2, 0.25) is 11.8 Å². The topological polar surface area (TPSA) is 76.0 Å². The van der Waals surface area contributed by atoms with Gasteiger partial charge in [-0.1, -0.05) is 12.1 Å². The molecule has 4 rings (SSSR count). The summed E-state index contributed by atoms with van der Waals surface area (Å²) in [4.78, 5) is 27.4. The predicted molar refractivity (Wildman–Crippen MR) is 115 cm³/mol. The van der Waals surface area contributed by atoms with Crippen LogP contribution in [0.5, 0.6) is 0 Å². The lowest BCUT2D eigenvalue weighted by atomic mass is 10.2. The Labute approximate surface area is 168 Å². The van der Waals surface area contributed by atoms with Crippen molar-refractivity contribution in [2.45, 2.75) is 13.8 Å². The zero-order valence-corrected chi connectivity index (χ0v) is 16.1. The number of anilines is 2. The van der Waals surface area contributed by atoms with Crippen LogP contribution in [-0.2, 0) is 9.59 Å². The molecule has 2 N–H and O–H groups in total. The number of fused-ring (bicyclic) bond motifs is 1. The van der Waals surface area contributed by atoms with Gasteiger partial charge < -0.3 is 10.6 Å². The van der Waals surface area contributed by atoms with E-state index in [2.05, 4.69) is 15.2 Å². The maximum Gasteiger partial charge on any atom is 0.221 e. The van der Waals surface area contributed by atoms with Crippen molar-refractivity contribution in [1.82, 2.24) is 9.55 Å². The van der Waals surface area contributed by atoms with Crippen LogP contribution in [0.2, 0.25) is 0 Å². The van der Waals surface area contributed by atoms with Gasteiger partial charge in [-0.25, -0.2) is 4.98 Å². The van der Waals surface area contributed by atoms with Gasteiger partial charge in [0.1, 0.15) is 5.82 Å². The van der Waals surface area contributed by atoms with E-state index in [1.807, 2.05) is 72.8 Å². The van der Waals surface area contributed by atoms with Crippen LogP contribution in [0.3, 0.4) is 0 Å². The minimum Gasteiger partial charge on any atom is -0.326 e. The third kappa shape index (κ3) is 3.87. The number of para-hydroxylation sites is 2. The SMILES string of the molecule is CC(=O)Nc1ccc(-c2nc3ccccc3n2-c2ccc(NC(C)=O)cc2)cc1. The van der Waals surface area contributed by atoms with Gasteiger partial charge in [-0.05, 0) is 60.7 Å². The summed E-state index contributed by atoms with van der Waals surface area (Å²) < 4.78 is 2.08. The molecule has 4 aromatic rings. The summed E-state index contributed by atoms with van der Waals surface area (Å²) >= 11 is 0. The fraction of sp³-hybridized carbons (Fsp3) is 0.0870. The first-order chi connectivity index (χ1) is 14.0. The third-order valence-corrected chi connectivity index (χ3v) is 4.47. The standard InChI is InChI=1S/C23H20N4O2/c1-15(28)24-18-9-7-17(8-10-18)23-26-21-5-3-4-6-22(21)27(23)20-13-11-19(12-14-20)25-16(2)29/h3-14H,1-2H3,(H,24,28)(H,25,29).